The number of hydrogen-bond donors (Lipinski definition) is 0. The highest BCUT2D eigenvalue weighted by atomic mass is 19.1. The van der Waals surface area contributed by atoms with Crippen LogP contribution < -0.4 is 4.90 Å². The van der Waals surface area contributed by atoms with Crippen molar-refractivity contribution in [1.29, 1.82) is 0 Å². The van der Waals surface area contributed by atoms with Crippen LogP contribution in [0.1, 0.15) is 29.8 Å². The van der Waals surface area contributed by atoms with E-state index in [1.807, 2.05) is 35.2 Å². The largest absolute Gasteiger partial charge is 0.352 e. The van der Waals surface area contributed by atoms with Crippen LogP contribution in [0, 0.1) is 5.82 Å². The number of halogens is 1. The Labute approximate surface area is 176 Å². The van der Waals surface area contributed by atoms with Crippen molar-refractivity contribution in [3.05, 3.63) is 59.4 Å². The molecule has 0 unspecified atom stereocenters. The smallest absolute Gasteiger partial charge is 0.191 e. The Bertz CT molecular complexity index is 1020. The minimum absolute atomic E-state index is 0.335. The zero-order valence-electron chi connectivity index (χ0n) is 17.4. The van der Waals surface area contributed by atoms with Crippen molar-refractivity contribution in [2.24, 2.45) is 7.05 Å². The molecule has 30 heavy (non-hydrogen) atoms. The van der Waals surface area contributed by atoms with Crippen molar-refractivity contribution in [2.45, 2.75) is 32.2 Å². The maximum Gasteiger partial charge on any atom is 0.191 e. The van der Waals surface area contributed by atoms with Crippen LogP contribution in [0.25, 0.3) is 11.3 Å². The maximum atomic E-state index is 15.2. The molecule has 2 aromatic heterocycles. The van der Waals surface area contributed by atoms with Crippen molar-refractivity contribution in [3.8, 4) is 11.3 Å². The molecule has 1 saturated heterocycles. The van der Waals surface area contributed by atoms with E-state index in [9.17, 15) is 0 Å². The maximum absolute atomic E-state index is 15.2. The quantitative estimate of drug-likeness (QED) is 0.666. The Hall–Kier alpha value is -2.80. The fraction of sp³-hybridized carbons (Fsp3) is 0.435. The highest BCUT2D eigenvalue weighted by Gasteiger charge is 2.25. The molecule has 1 aromatic carbocycles. The molecule has 156 valence electrons. The second kappa shape index (κ2) is 8.14. The summed E-state index contributed by atoms with van der Waals surface area (Å²) in [7, 11) is 2.06. The van der Waals surface area contributed by atoms with E-state index < -0.39 is 0 Å². The van der Waals surface area contributed by atoms with Gasteiger partial charge >= 0.3 is 0 Å². The molecule has 0 radical (unpaired) electrons. The van der Waals surface area contributed by atoms with Crippen LogP contribution in [-0.4, -0.2) is 50.8 Å². The molecular formula is C23H27FN6. The molecule has 0 N–H and O–H groups in total. The zero-order chi connectivity index (χ0) is 20.5. The molecule has 0 amide bonds. The highest BCUT2D eigenvalue weighted by molar-refractivity contribution is 5.63. The molecule has 0 saturated carbocycles. The van der Waals surface area contributed by atoms with Gasteiger partial charge in [0.2, 0.25) is 0 Å². The molecule has 0 atom stereocenters. The van der Waals surface area contributed by atoms with Gasteiger partial charge < -0.3 is 4.90 Å². The minimum atomic E-state index is -0.335. The standard InChI is InChI=1S/C23H27FN6/c1-28-20(18-9-5-6-10-19(18)27-28)15-29-11-13-30(14-12-29)23-21(24)22(25-16-26-23)17-7-3-2-4-8-17/h2-4,7-8,16H,5-6,9-15H2,1H3. The van der Waals surface area contributed by atoms with Crippen molar-refractivity contribution < 1.29 is 4.39 Å². The molecule has 1 aliphatic carbocycles. The summed E-state index contributed by atoms with van der Waals surface area (Å²) in [5, 5.41) is 4.74. The summed E-state index contributed by atoms with van der Waals surface area (Å²) in [6, 6.07) is 9.46. The summed E-state index contributed by atoms with van der Waals surface area (Å²) in [5.41, 5.74) is 5.23. The van der Waals surface area contributed by atoms with Gasteiger partial charge in [0.1, 0.15) is 12.0 Å². The van der Waals surface area contributed by atoms with Crippen molar-refractivity contribution >= 4 is 5.82 Å². The van der Waals surface area contributed by atoms with E-state index in [0.717, 1.165) is 51.1 Å². The van der Waals surface area contributed by atoms with E-state index in [4.69, 9.17) is 5.10 Å². The summed E-state index contributed by atoms with van der Waals surface area (Å²) >= 11 is 0. The van der Waals surface area contributed by atoms with Gasteiger partial charge in [0.25, 0.3) is 0 Å². The molecule has 2 aliphatic rings. The fourth-order valence-corrected chi connectivity index (χ4v) is 4.65. The van der Waals surface area contributed by atoms with Gasteiger partial charge in [-0.05, 0) is 31.2 Å². The SMILES string of the molecule is Cn1nc2c(c1CN1CCN(c3ncnc(-c4ccccc4)c3F)CC1)CCCC2. The summed E-state index contributed by atoms with van der Waals surface area (Å²) in [6.07, 6.45) is 6.23. The van der Waals surface area contributed by atoms with Gasteiger partial charge in [-0.15, -0.1) is 0 Å². The molecule has 1 fully saturated rings. The lowest BCUT2D eigenvalue weighted by Crippen LogP contribution is -2.47. The van der Waals surface area contributed by atoms with Crippen LogP contribution in [0.3, 0.4) is 0 Å². The fourth-order valence-electron chi connectivity index (χ4n) is 4.65. The number of piperazine rings is 1. The van der Waals surface area contributed by atoms with E-state index in [0.29, 0.717) is 11.5 Å². The van der Waals surface area contributed by atoms with Crippen LogP contribution in [0.15, 0.2) is 36.7 Å². The molecule has 5 rings (SSSR count). The Balaban J connectivity index is 1.29. The number of aryl methyl sites for hydroxylation is 2. The molecule has 3 aromatic rings. The number of rotatable bonds is 4. The molecule has 0 bridgehead atoms. The van der Waals surface area contributed by atoms with E-state index in [-0.39, 0.29) is 5.82 Å². The normalized spacial score (nSPS) is 17.2. The van der Waals surface area contributed by atoms with Crippen molar-refractivity contribution in [2.75, 3.05) is 31.1 Å². The third-order valence-corrected chi connectivity index (χ3v) is 6.31. The lowest BCUT2D eigenvalue weighted by molar-refractivity contribution is 0.241. The summed E-state index contributed by atoms with van der Waals surface area (Å²) in [4.78, 5) is 12.9. The van der Waals surface area contributed by atoms with Crippen LogP contribution in [-0.2, 0) is 26.4 Å². The first kappa shape index (κ1) is 19.2. The third kappa shape index (κ3) is 3.58. The second-order valence-corrected chi connectivity index (χ2v) is 8.19. The number of nitrogens with zero attached hydrogens (tertiary/aromatic N) is 6. The summed E-state index contributed by atoms with van der Waals surface area (Å²) in [5.74, 6) is 0.0688. The predicted molar refractivity (Wildman–Crippen MR) is 115 cm³/mol. The van der Waals surface area contributed by atoms with Crippen LogP contribution >= 0.6 is 0 Å². The monoisotopic (exact) mass is 406 g/mol. The summed E-state index contributed by atoms with van der Waals surface area (Å²) in [6.45, 7) is 4.17. The van der Waals surface area contributed by atoms with Crippen LogP contribution in [0.2, 0.25) is 0 Å². The van der Waals surface area contributed by atoms with E-state index in [1.165, 1.54) is 36.1 Å². The summed E-state index contributed by atoms with van der Waals surface area (Å²) < 4.78 is 17.3. The number of fused-ring (bicyclic) bond motifs is 1. The van der Waals surface area contributed by atoms with Crippen LogP contribution in [0.5, 0.6) is 0 Å². The number of benzene rings is 1. The van der Waals surface area contributed by atoms with Crippen molar-refractivity contribution in [3.63, 3.8) is 0 Å². The average molecular weight is 407 g/mol. The number of anilines is 1. The first-order chi connectivity index (χ1) is 14.7. The lowest BCUT2D eigenvalue weighted by Gasteiger charge is -2.35. The van der Waals surface area contributed by atoms with Gasteiger partial charge in [0, 0.05) is 45.3 Å². The van der Waals surface area contributed by atoms with E-state index in [1.54, 1.807) is 0 Å². The van der Waals surface area contributed by atoms with Gasteiger partial charge in [-0.3, -0.25) is 9.58 Å². The highest BCUT2D eigenvalue weighted by Crippen LogP contribution is 2.28. The van der Waals surface area contributed by atoms with Gasteiger partial charge in [0.05, 0.1) is 11.4 Å². The molecular weight excluding hydrogens is 379 g/mol. The van der Waals surface area contributed by atoms with Gasteiger partial charge in [-0.2, -0.15) is 5.10 Å². The van der Waals surface area contributed by atoms with Gasteiger partial charge in [-0.25, -0.2) is 14.4 Å². The predicted octanol–water partition coefficient (Wildman–Crippen LogP) is 3.22. The Morgan fingerprint density at radius 2 is 1.73 bits per heavy atom. The lowest BCUT2D eigenvalue weighted by atomic mass is 9.95. The van der Waals surface area contributed by atoms with Gasteiger partial charge in [-0.1, -0.05) is 30.3 Å². The second-order valence-electron chi connectivity index (χ2n) is 8.19. The third-order valence-electron chi connectivity index (χ3n) is 6.31. The topological polar surface area (TPSA) is 50.1 Å². The Morgan fingerprint density at radius 3 is 2.53 bits per heavy atom. The number of hydrogen-bond acceptors (Lipinski definition) is 5. The van der Waals surface area contributed by atoms with Crippen LogP contribution in [0.4, 0.5) is 10.2 Å². The Kier molecular flexibility index (Phi) is 5.21. The zero-order valence-corrected chi connectivity index (χ0v) is 17.4. The van der Waals surface area contributed by atoms with Crippen molar-refractivity contribution in [1.82, 2.24) is 24.6 Å². The van der Waals surface area contributed by atoms with Gasteiger partial charge in [0.15, 0.2) is 11.6 Å². The van der Waals surface area contributed by atoms with E-state index in [2.05, 4.69) is 26.6 Å². The molecule has 1 aliphatic heterocycles. The molecule has 0 spiro atoms. The molecule has 6 nitrogen and oxygen atoms in total. The first-order valence-corrected chi connectivity index (χ1v) is 10.8. The molecule has 7 heteroatoms. The minimum Gasteiger partial charge on any atom is -0.352 e. The Morgan fingerprint density at radius 1 is 0.967 bits per heavy atom. The number of aromatic nitrogens is 4. The average Bonchev–Trinajstić information content (AvgIpc) is 3.10. The first-order valence-electron chi connectivity index (χ1n) is 10.8. The van der Waals surface area contributed by atoms with E-state index >= 15 is 4.39 Å². The molecule has 3 heterocycles.